The topological polar surface area (TPSA) is 91.1 Å². The summed E-state index contributed by atoms with van der Waals surface area (Å²) in [6.45, 7) is 4.61. The van der Waals surface area contributed by atoms with Crippen LogP contribution in [0.1, 0.15) is 55.8 Å². The van der Waals surface area contributed by atoms with E-state index in [1.807, 2.05) is 57.1 Å². The van der Waals surface area contributed by atoms with Crippen molar-refractivity contribution >= 4 is 17.2 Å². The normalized spacial score (nSPS) is 15.1. The standard InChI is InChI=1S/C27H31N5O2S/c1-17(2)34-24-12-11-18(15-19(24)16-28)26-30-31-27(35-26)22-9-5-8-21-20(22)7-6-10-23(21)29-25(33)13-14-32(3)4/h5,8-9,11-12,15,17,23H,6-7,10,13-14H2,1-4H3,(H,29,33). The predicted octanol–water partition coefficient (Wildman–Crippen LogP) is 4.98. The SMILES string of the molecule is CC(C)Oc1ccc(-c2nnc(-c3cccc4c3CCCC4NC(=O)CCN(C)C)s2)cc1C#N. The molecule has 0 radical (unpaired) electrons. The summed E-state index contributed by atoms with van der Waals surface area (Å²) < 4.78 is 5.74. The summed E-state index contributed by atoms with van der Waals surface area (Å²) in [5.41, 5.74) is 4.80. The van der Waals surface area contributed by atoms with Crippen molar-refractivity contribution in [2.45, 2.75) is 51.7 Å². The number of hydrogen-bond donors (Lipinski definition) is 1. The fourth-order valence-corrected chi connectivity index (χ4v) is 5.24. The number of ether oxygens (including phenoxy) is 1. The molecule has 1 unspecified atom stereocenters. The molecule has 1 aromatic heterocycles. The van der Waals surface area contributed by atoms with Gasteiger partial charge in [0.2, 0.25) is 5.91 Å². The molecule has 0 saturated heterocycles. The Morgan fingerprint density at radius 2 is 2.06 bits per heavy atom. The van der Waals surface area contributed by atoms with E-state index in [2.05, 4.69) is 33.7 Å². The molecule has 0 spiro atoms. The number of aromatic nitrogens is 2. The highest BCUT2D eigenvalue weighted by Gasteiger charge is 2.25. The van der Waals surface area contributed by atoms with Gasteiger partial charge in [-0.25, -0.2) is 0 Å². The first kappa shape index (κ1) is 24.8. The number of nitriles is 1. The minimum Gasteiger partial charge on any atom is -0.490 e. The molecule has 0 fully saturated rings. The fraction of sp³-hybridized carbons (Fsp3) is 0.407. The average Bonchev–Trinajstić information content (AvgIpc) is 3.32. The molecule has 1 heterocycles. The number of rotatable bonds is 8. The van der Waals surface area contributed by atoms with E-state index < -0.39 is 0 Å². The molecule has 0 bridgehead atoms. The number of carbonyl (C=O) groups is 1. The first-order chi connectivity index (χ1) is 16.9. The molecule has 1 N–H and O–H groups in total. The lowest BCUT2D eigenvalue weighted by Crippen LogP contribution is -2.33. The largest absolute Gasteiger partial charge is 0.490 e. The highest BCUT2D eigenvalue weighted by Crippen LogP contribution is 2.39. The molecule has 7 nitrogen and oxygen atoms in total. The van der Waals surface area contributed by atoms with Crippen LogP contribution in [0.2, 0.25) is 0 Å². The Hall–Kier alpha value is -3.28. The summed E-state index contributed by atoms with van der Waals surface area (Å²) in [6, 6.07) is 14.0. The fourth-order valence-electron chi connectivity index (χ4n) is 4.35. The predicted molar refractivity (Wildman–Crippen MR) is 138 cm³/mol. The maximum absolute atomic E-state index is 12.5. The minimum absolute atomic E-state index is 0.00747. The number of nitrogens with zero attached hydrogens (tertiary/aromatic N) is 4. The van der Waals surface area contributed by atoms with E-state index in [1.165, 1.54) is 22.5 Å². The Kier molecular flexibility index (Phi) is 7.79. The van der Waals surface area contributed by atoms with Gasteiger partial charge in [0.1, 0.15) is 21.8 Å². The monoisotopic (exact) mass is 489 g/mol. The van der Waals surface area contributed by atoms with Crippen molar-refractivity contribution in [2.24, 2.45) is 0 Å². The van der Waals surface area contributed by atoms with Crippen molar-refractivity contribution in [3.63, 3.8) is 0 Å². The van der Waals surface area contributed by atoms with E-state index in [9.17, 15) is 10.1 Å². The molecule has 35 heavy (non-hydrogen) atoms. The molecule has 0 aliphatic heterocycles. The molecule has 182 valence electrons. The lowest BCUT2D eigenvalue weighted by Gasteiger charge is -2.28. The Bertz CT molecular complexity index is 1240. The molecule has 1 aliphatic carbocycles. The molecule has 1 atom stereocenters. The van der Waals surface area contributed by atoms with Crippen molar-refractivity contribution < 1.29 is 9.53 Å². The van der Waals surface area contributed by atoms with Gasteiger partial charge in [0.05, 0.1) is 17.7 Å². The summed E-state index contributed by atoms with van der Waals surface area (Å²) in [6.07, 6.45) is 3.38. The Morgan fingerprint density at radius 3 is 2.80 bits per heavy atom. The quantitative estimate of drug-likeness (QED) is 0.480. The van der Waals surface area contributed by atoms with Gasteiger partial charge < -0.3 is 15.0 Å². The smallest absolute Gasteiger partial charge is 0.221 e. The number of amides is 1. The highest BCUT2D eigenvalue weighted by atomic mass is 32.1. The summed E-state index contributed by atoms with van der Waals surface area (Å²) in [5.74, 6) is 0.658. The summed E-state index contributed by atoms with van der Waals surface area (Å²) in [7, 11) is 3.95. The van der Waals surface area contributed by atoms with Crippen LogP contribution in [-0.4, -0.2) is 47.7 Å². The van der Waals surface area contributed by atoms with Gasteiger partial charge in [-0.15, -0.1) is 10.2 Å². The van der Waals surface area contributed by atoms with E-state index >= 15 is 0 Å². The van der Waals surface area contributed by atoms with Crippen LogP contribution < -0.4 is 10.1 Å². The Balaban J connectivity index is 1.59. The third kappa shape index (κ3) is 5.87. The second-order valence-corrected chi connectivity index (χ2v) is 10.3. The number of benzene rings is 2. The average molecular weight is 490 g/mol. The van der Waals surface area contributed by atoms with Gasteiger partial charge in [0.15, 0.2) is 0 Å². The Morgan fingerprint density at radius 1 is 1.26 bits per heavy atom. The van der Waals surface area contributed by atoms with Crippen LogP contribution in [0.4, 0.5) is 0 Å². The van der Waals surface area contributed by atoms with Crippen molar-refractivity contribution in [1.29, 1.82) is 5.26 Å². The zero-order valence-electron chi connectivity index (χ0n) is 20.7. The molecular weight excluding hydrogens is 458 g/mol. The first-order valence-electron chi connectivity index (χ1n) is 12.0. The van der Waals surface area contributed by atoms with E-state index in [0.717, 1.165) is 46.9 Å². The second kappa shape index (κ2) is 11.0. The molecular formula is C27H31N5O2S. The van der Waals surface area contributed by atoms with E-state index in [-0.39, 0.29) is 18.1 Å². The third-order valence-corrected chi connectivity index (χ3v) is 7.00. The lowest BCUT2D eigenvalue weighted by molar-refractivity contribution is -0.122. The molecule has 3 aromatic rings. The number of fused-ring (bicyclic) bond motifs is 1. The van der Waals surface area contributed by atoms with Gasteiger partial charge >= 0.3 is 0 Å². The summed E-state index contributed by atoms with van der Waals surface area (Å²) >= 11 is 1.51. The van der Waals surface area contributed by atoms with Crippen LogP contribution in [0.15, 0.2) is 36.4 Å². The highest BCUT2D eigenvalue weighted by molar-refractivity contribution is 7.17. The molecule has 0 saturated carbocycles. The van der Waals surface area contributed by atoms with Crippen LogP contribution in [-0.2, 0) is 11.2 Å². The van der Waals surface area contributed by atoms with Crippen LogP contribution in [0, 0.1) is 11.3 Å². The summed E-state index contributed by atoms with van der Waals surface area (Å²) in [4.78, 5) is 14.5. The van der Waals surface area contributed by atoms with E-state index in [0.29, 0.717) is 17.7 Å². The molecule has 4 rings (SSSR count). The van der Waals surface area contributed by atoms with Crippen molar-refractivity contribution in [3.8, 4) is 33.0 Å². The number of nitrogens with one attached hydrogen (secondary N) is 1. The van der Waals surface area contributed by atoms with E-state index in [4.69, 9.17) is 4.74 Å². The van der Waals surface area contributed by atoms with Gasteiger partial charge in [-0.2, -0.15) is 5.26 Å². The van der Waals surface area contributed by atoms with E-state index in [1.54, 1.807) is 0 Å². The molecule has 1 amide bonds. The first-order valence-corrected chi connectivity index (χ1v) is 12.8. The Labute approximate surface area is 210 Å². The third-order valence-electron chi connectivity index (χ3n) is 5.99. The maximum Gasteiger partial charge on any atom is 0.221 e. The molecule has 1 aliphatic rings. The van der Waals surface area contributed by atoms with Gasteiger partial charge in [-0.1, -0.05) is 29.5 Å². The van der Waals surface area contributed by atoms with Crippen LogP contribution in [0.5, 0.6) is 5.75 Å². The van der Waals surface area contributed by atoms with Crippen LogP contribution >= 0.6 is 11.3 Å². The van der Waals surface area contributed by atoms with Gasteiger partial charge in [0.25, 0.3) is 0 Å². The van der Waals surface area contributed by atoms with Crippen LogP contribution in [0.25, 0.3) is 21.1 Å². The van der Waals surface area contributed by atoms with Gasteiger partial charge in [0, 0.05) is 24.1 Å². The van der Waals surface area contributed by atoms with Crippen molar-refractivity contribution in [1.82, 2.24) is 20.4 Å². The molecule has 8 heteroatoms. The van der Waals surface area contributed by atoms with Crippen LogP contribution in [0.3, 0.4) is 0 Å². The number of carbonyl (C=O) groups excluding carboxylic acids is 1. The van der Waals surface area contributed by atoms with Gasteiger partial charge in [-0.3, -0.25) is 4.79 Å². The second-order valence-electron chi connectivity index (χ2n) is 9.34. The zero-order chi connectivity index (χ0) is 24.9. The summed E-state index contributed by atoms with van der Waals surface area (Å²) in [5, 5.41) is 23.3. The molecule has 2 aromatic carbocycles. The zero-order valence-corrected chi connectivity index (χ0v) is 21.5. The lowest BCUT2D eigenvalue weighted by atomic mass is 9.85. The van der Waals surface area contributed by atoms with Gasteiger partial charge in [-0.05, 0) is 76.5 Å². The van der Waals surface area contributed by atoms with Crippen molar-refractivity contribution in [3.05, 3.63) is 53.1 Å². The maximum atomic E-state index is 12.5. The minimum atomic E-state index is -0.00747. The van der Waals surface area contributed by atoms with Crippen molar-refractivity contribution in [2.75, 3.05) is 20.6 Å². The number of hydrogen-bond acceptors (Lipinski definition) is 7.